The van der Waals surface area contributed by atoms with Crippen LogP contribution in [0.3, 0.4) is 0 Å². The fraction of sp³-hybridized carbons (Fsp3) is 0.500. The molecule has 1 aromatic carbocycles. The molecule has 5 nitrogen and oxygen atoms in total. The molecule has 2 N–H and O–H groups in total. The van der Waals surface area contributed by atoms with Crippen molar-refractivity contribution in [2.75, 3.05) is 32.4 Å². The number of piperazine rings is 1. The third kappa shape index (κ3) is 2.50. The Hall–Kier alpha value is -1.11. The highest BCUT2D eigenvalue weighted by Crippen LogP contribution is 2.20. The quantitative estimate of drug-likeness (QED) is 0.798. The molecule has 1 unspecified atom stereocenters. The third-order valence-corrected chi connectivity index (χ3v) is 5.32. The zero-order valence-electron chi connectivity index (χ0n) is 10.7. The molecule has 0 spiro atoms. The molecule has 1 atom stereocenters. The van der Waals surface area contributed by atoms with E-state index in [-0.39, 0.29) is 6.04 Å². The lowest BCUT2D eigenvalue weighted by atomic mass is 10.2. The summed E-state index contributed by atoms with van der Waals surface area (Å²) in [5.41, 5.74) is 6.14. The van der Waals surface area contributed by atoms with Gasteiger partial charge in [0.25, 0.3) is 0 Å². The summed E-state index contributed by atoms with van der Waals surface area (Å²) in [7, 11) is -1.37. The molecule has 18 heavy (non-hydrogen) atoms. The van der Waals surface area contributed by atoms with Crippen molar-refractivity contribution in [3.63, 3.8) is 0 Å². The van der Waals surface area contributed by atoms with Gasteiger partial charge in [0.2, 0.25) is 10.0 Å². The van der Waals surface area contributed by atoms with E-state index in [9.17, 15) is 8.42 Å². The van der Waals surface area contributed by atoms with Crippen LogP contribution in [-0.2, 0) is 10.0 Å². The van der Waals surface area contributed by atoms with E-state index in [0.29, 0.717) is 23.7 Å². The molecule has 1 aromatic rings. The first-order chi connectivity index (χ1) is 8.41. The van der Waals surface area contributed by atoms with E-state index >= 15 is 0 Å². The summed E-state index contributed by atoms with van der Waals surface area (Å²) in [6.45, 7) is 3.86. The van der Waals surface area contributed by atoms with Gasteiger partial charge in [-0.1, -0.05) is 0 Å². The molecule has 6 heteroatoms. The fourth-order valence-corrected chi connectivity index (χ4v) is 3.53. The van der Waals surface area contributed by atoms with Gasteiger partial charge in [-0.25, -0.2) is 8.42 Å². The van der Waals surface area contributed by atoms with E-state index < -0.39 is 10.0 Å². The van der Waals surface area contributed by atoms with Crippen molar-refractivity contribution in [1.82, 2.24) is 9.21 Å². The number of rotatable bonds is 2. The van der Waals surface area contributed by atoms with Crippen molar-refractivity contribution in [1.29, 1.82) is 0 Å². The SMILES string of the molecule is CC1CN(S(=O)(=O)c2ccc(N)cc2)CCN1C. The van der Waals surface area contributed by atoms with Crippen molar-refractivity contribution < 1.29 is 8.42 Å². The summed E-state index contributed by atoms with van der Waals surface area (Å²) in [6, 6.07) is 6.60. The zero-order chi connectivity index (χ0) is 13.3. The average molecular weight is 269 g/mol. The van der Waals surface area contributed by atoms with Crippen LogP contribution in [0.4, 0.5) is 5.69 Å². The number of hydrogen-bond acceptors (Lipinski definition) is 4. The van der Waals surface area contributed by atoms with Crippen molar-refractivity contribution >= 4 is 15.7 Å². The number of nitrogens with two attached hydrogens (primary N) is 1. The highest BCUT2D eigenvalue weighted by molar-refractivity contribution is 7.89. The fourth-order valence-electron chi connectivity index (χ4n) is 2.02. The van der Waals surface area contributed by atoms with E-state index in [1.165, 1.54) is 0 Å². The highest BCUT2D eigenvalue weighted by atomic mass is 32.2. The summed E-state index contributed by atoms with van der Waals surface area (Å²) >= 11 is 0. The van der Waals surface area contributed by atoms with Gasteiger partial charge in [0.1, 0.15) is 0 Å². The lowest BCUT2D eigenvalue weighted by molar-refractivity contribution is 0.159. The third-order valence-electron chi connectivity index (χ3n) is 3.44. The van der Waals surface area contributed by atoms with Crippen molar-refractivity contribution in [3.8, 4) is 0 Å². The lowest BCUT2D eigenvalue weighted by Gasteiger charge is -2.36. The second kappa shape index (κ2) is 4.87. The first-order valence-electron chi connectivity index (χ1n) is 5.97. The van der Waals surface area contributed by atoms with E-state index in [2.05, 4.69) is 4.90 Å². The van der Waals surface area contributed by atoms with Crippen LogP contribution < -0.4 is 5.73 Å². The van der Waals surface area contributed by atoms with Gasteiger partial charge in [0.15, 0.2) is 0 Å². The molecule has 1 saturated heterocycles. The monoisotopic (exact) mass is 269 g/mol. The number of anilines is 1. The molecule has 0 saturated carbocycles. The summed E-state index contributed by atoms with van der Waals surface area (Å²) in [5, 5.41) is 0. The second-order valence-corrected chi connectivity index (χ2v) is 6.70. The van der Waals surface area contributed by atoms with Crippen LogP contribution in [0.1, 0.15) is 6.92 Å². The summed E-state index contributed by atoms with van der Waals surface area (Å²) in [4.78, 5) is 2.48. The Morgan fingerprint density at radius 1 is 1.22 bits per heavy atom. The average Bonchev–Trinajstić information content (AvgIpc) is 2.33. The molecule has 0 amide bonds. The molecule has 1 aliphatic rings. The Labute approximate surface area is 108 Å². The molecule has 0 aliphatic carbocycles. The Bertz CT molecular complexity index is 513. The first kappa shape index (κ1) is 13.3. The van der Waals surface area contributed by atoms with Gasteiger partial charge in [0, 0.05) is 31.4 Å². The van der Waals surface area contributed by atoms with Crippen LogP contribution in [0.25, 0.3) is 0 Å². The predicted molar refractivity (Wildman–Crippen MR) is 71.7 cm³/mol. The largest absolute Gasteiger partial charge is 0.399 e. The molecule has 1 aliphatic heterocycles. The molecule has 0 aromatic heterocycles. The van der Waals surface area contributed by atoms with Crippen LogP contribution in [-0.4, -0.2) is 50.3 Å². The van der Waals surface area contributed by atoms with Crippen molar-refractivity contribution in [2.45, 2.75) is 17.9 Å². The van der Waals surface area contributed by atoms with Crippen LogP contribution >= 0.6 is 0 Å². The molecule has 0 radical (unpaired) electrons. The minimum atomic E-state index is -3.38. The lowest BCUT2D eigenvalue weighted by Crippen LogP contribution is -2.51. The minimum absolute atomic E-state index is 0.238. The van der Waals surface area contributed by atoms with E-state index in [1.54, 1.807) is 28.6 Å². The first-order valence-corrected chi connectivity index (χ1v) is 7.41. The number of hydrogen-bond donors (Lipinski definition) is 1. The maximum absolute atomic E-state index is 12.4. The highest BCUT2D eigenvalue weighted by Gasteiger charge is 2.30. The number of nitrogens with zero attached hydrogens (tertiary/aromatic N) is 2. The number of sulfonamides is 1. The van der Waals surface area contributed by atoms with Gasteiger partial charge in [-0.15, -0.1) is 0 Å². The van der Waals surface area contributed by atoms with Crippen molar-refractivity contribution in [3.05, 3.63) is 24.3 Å². The summed E-state index contributed by atoms with van der Waals surface area (Å²) in [5.74, 6) is 0. The van der Waals surface area contributed by atoms with Crippen LogP contribution in [0, 0.1) is 0 Å². The molecular weight excluding hydrogens is 250 g/mol. The summed E-state index contributed by atoms with van der Waals surface area (Å²) < 4.78 is 26.4. The Morgan fingerprint density at radius 2 is 1.83 bits per heavy atom. The number of benzene rings is 1. The standard InChI is InChI=1S/C12H19N3O2S/c1-10-9-15(8-7-14(10)2)18(16,17)12-5-3-11(13)4-6-12/h3-6,10H,7-9,13H2,1-2H3. The smallest absolute Gasteiger partial charge is 0.243 e. The topological polar surface area (TPSA) is 66.6 Å². The molecule has 2 rings (SSSR count). The molecule has 0 bridgehead atoms. The normalized spacial score (nSPS) is 23.1. The van der Waals surface area contributed by atoms with E-state index in [4.69, 9.17) is 5.73 Å². The molecule has 1 heterocycles. The Balaban J connectivity index is 2.24. The summed E-state index contributed by atoms with van der Waals surface area (Å²) in [6.07, 6.45) is 0. The molecular formula is C12H19N3O2S. The van der Waals surface area contributed by atoms with Crippen LogP contribution in [0.15, 0.2) is 29.2 Å². The Kier molecular flexibility index (Phi) is 3.61. The zero-order valence-corrected chi connectivity index (χ0v) is 11.5. The van der Waals surface area contributed by atoms with E-state index in [0.717, 1.165) is 6.54 Å². The van der Waals surface area contributed by atoms with Gasteiger partial charge in [-0.3, -0.25) is 0 Å². The van der Waals surface area contributed by atoms with Gasteiger partial charge in [0.05, 0.1) is 4.90 Å². The van der Waals surface area contributed by atoms with Gasteiger partial charge in [-0.05, 0) is 38.2 Å². The van der Waals surface area contributed by atoms with Crippen LogP contribution in [0.5, 0.6) is 0 Å². The maximum atomic E-state index is 12.4. The number of nitrogen functional groups attached to an aromatic ring is 1. The minimum Gasteiger partial charge on any atom is -0.399 e. The molecule has 100 valence electrons. The Morgan fingerprint density at radius 3 is 2.39 bits per heavy atom. The van der Waals surface area contributed by atoms with Crippen LogP contribution in [0.2, 0.25) is 0 Å². The molecule has 1 fully saturated rings. The number of likely N-dealkylation sites (N-methyl/N-ethyl adjacent to an activating group) is 1. The van der Waals surface area contributed by atoms with E-state index in [1.807, 2.05) is 14.0 Å². The predicted octanol–water partition coefficient (Wildman–Crippen LogP) is 0.593. The maximum Gasteiger partial charge on any atom is 0.243 e. The van der Waals surface area contributed by atoms with Gasteiger partial charge in [-0.2, -0.15) is 4.31 Å². The van der Waals surface area contributed by atoms with Crippen molar-refractivity contribution in [2.24, 2.45) is 0 Å². The van der Waals surface area contributed by atoms with Gasteiger partial charge < -0.3 is 10.6 Å². The second-order valence-electron chi connectivity index (χ2n) is 4.76. The van der Waals surface area contributed by atoms with Gasteiger partial charge >= 0.3 is 0 Å².